The molecule has 0 amide bonds. The number of aryl methyl sites for hydroxylation is 3. The van der Waals surface area contributed by atoms with Crippen molar-refractivity contribution in [3.63, 3.8) is 0 Å². The minimum atomic E-state index is 1.11. The van der Waals surface area contributed by atoms with E-state index < -0.39 is 0 Å². The third-order valence-corrected chi connectivity index (χ3v) is 8.91. The maximum Gasteiger partial charge on any atom is 0.0541 e. The molecule has 0 N–H and O–H groups in total. The van der Waals surface area contributed by atoms with Crippen LogP contribution in [-0.2, 0) is 12.8 Å². The van der Waals surface area contributed by atoms with Gasteiger partial charge in [0, 0.05) is 16.5 Å². The van der Waals surface area contributed by atoms with Gasteiger partial charge in [0.1, 0.15) is 0 Å². The summed E-state index contributed by atoms with van der Waals surface area (Å²) in [5.41, 5.74) is 12.9. The van der Waals surface area contributed by atoms with Crippen molar-refractivity contribution < 1.29 is 0 Å². The van der Waals surface area contributed by atoms with Gasteiger partial charge in [0.25, 0.3) is 0 Å². The first-order valence-corrected chi connectivity index (χ1v) is 16.6. The number of para-hydroxylation sites is 2. The van der Waals surface area contributed by atoms with Crippen LogP contribution in [-0.4, -0.2) is 4.57 Å². The summed E-state index contributed by atoms with van der Waals surface area (Å²) >= 11 is 0. The first-order chi connectivity index (χ1) is 23.2. The van der Waals surface area contributed by atoms with Crippen LogP contribution < -0.4 is 0 Å². The third kappa shape index (κ3) is 6.95. The molecule has 0 atom stereocenters. The second-order valence-electron chi connectivity index (χ2n) is 12.2. The van der Waals surface area contributed by atoms with Gasteiger partial charge in [0.05, 0.1) is 11.0 Å². The lowest BCUT2D eigenvalue weighted by Crippen LogP contribution is -1.92. The summed E-state index contributed by atoms with van der Waals surface area (Å²) in [6, 6.07) is 65.1. The predicted molar refractivity (Wildman–Crippen MR) is 201 cm³/mol. The van der Waals surface area contributed by atoms with E-state index in [1.807, 2.05) is 6.07 Å². The lowest BCUT2D eigenvalue weighted by Gasteiger charge is -2.08. The number of rotatable bonds is 7. The van der Waals surface area contributed by atoms with Gasteiger partial charge in [0.15, 0.2) is 0 Å². The molecule has 47 heavy (non-hydrogen) atoms. The molecule has 0 aliphatic heterocycles. The molecule has 0 radical (unpaired) electrons. The highest BCUT2D eigenvalue weighted by Crippen LogP contribution is 2.35. The predicted octanol–water partition coefficient (Wildman–Crippen LogP) is 12.3. The summed E-state index contributed by atoms with van der Waals surface area (Å²) in [6.07, 6.45) is 3.41. The van der Waals surface area contributed by atoms with Gasteiger partial charge < -0.3 is 4.57 Å². The van der Waals surface area contributed by atoms with Gasteiger partial charge >= 0.3 is 0 Å². The second kappa shape index (κ2) is 14.2. The molecule has 1 aromatic heterocycles. The summed E-state index contributed by atoms with van der Waals surface area (Å²) in [5.74, 6) is 0. The lowest BCUT2D eigenvalue weighted by atomic mass is 9.99. The third-order valence-electron chi connectivity index (χ3n) is 8.91. The average molecular weight is 606 g/mol. The Morgan fingerprint density at radius 1 is 0.383 bits per heavy atom. The molecule has 8 aromatic rings. The molecule has 1 nitrogen and oxygen atoms in total. The minimum absolute atomic E-state index is 1.11. The fraction of sp³-hybridized carbons (Fsp3) is 0.0870. The molecule has 7 aromatic carbocycles. The van der Waals surface area contributed by atoms with Gasteiger partial charge in [-0.3, -0.25) is 0 Å². The number of fused-ring (bicyclic) bond motifs is 3. The highest BCUT2D eigenvalue weighted by atomic mass is 15.0. The zero-order valence-corrected chi connectivity index (χ0v) is 26.9. The Labute approximate surface area is 278 Å². The first-order valence-electron chi connectivity index (χ1n) is 16.6. The normalized spacial score (nSPS) is 10.9. The Hall–Kier alpha value is -5.66. The highest BCUT2D eigenvalue weighted by Gasteiger charge is 2.12. The van der Waals surface area contributed by atoms with Crippen LogP contribution in [0.25, 0.3) is 49.7 Å². The number of benzene rings is 7. The maximum atomic E-state index is 2.37. The van der Waals surface area contributed by atoms with Crippen molar-refractivity contribution in [2.24, 2.45) is 0 Å². The van der Waals surface area contributed by atoms with E-state index in [9.17, 15) is 0 Å². The van der Waals surface area contributed by atoms with E-state index in [1.165, 1.54) is 72.9 Å². The highest BCUT2D eigenvalue weighted by molar-refractivity contribution is 6.10. The molecule has 1 heterocycles. The molecular weight excluding hydrogens is 567 g/mol. The van der Waals surface area contributed by atoms with Crippen LogP contribution in [0.4, 0.5) is 0 Å². The van der Waals surface area contributed by atoms with Crippen LogP contribution in [0.5, 0.6) is 0 Å². The summed E-state index contributed by atoms with van der Waals surface area (Å²) in [4.78, 5) is 0. The topological polar surface area (TPSA) is 4.93 Å². The van der Waals surface area contributed by atoms with E-state index in [1.54, 1.807) is 0 Å². The zero-order valence-electron chi connectivity index (χ0n) is 26.9. The van der Waals surface area contributed by atoms with Crippen molar-refractivity contribution in [3.05, 3.63) is 199 Å². The monoisotopic (exact) mass is 605 g/mol. The van der Waals surface area contributed by atoms with Crippen molar-refractivity contribution in [1.29, 1.82) is 0 Å². The maximum absolute atomic E-state index is 2.37. The summed E-state index contributed by atoms with van der Waals surface area (Å²) in [7, 11) is 0. The molecule has 0 aliphatic rings. The lowest BCUT2D eigenvalue weighted by molar-refractivity contribution is 0.821. The number of hydrogen-bond acceptors (Lipinski definition) is 0. The first kappa shape index (κ1) is 30.0. The fourth-order valence-electron chi connectivity index (χ4n) is 6.39. The molecule has 0 unspecified atom stereocenters. The van der Waals surface area contributed by atoms with Crippen molar-refractivity contribution in [2.75, 3.05) is 0 Å². The Kier molecular flexibility index (Phi) is 9.06. The van der Waals surface area contributed by atoms with E-state index in [4.69, 9.17) is 0 Å². The van der Waals surface area contributed by atoms with Gasteiger partial charge in [-0.1, -0.05) is 157 Å². The molecule has 0 bridgehead atoms. The van der Waals surface area contributed by atoms with Crippen LogP contribution >= 0.6 is 0 Å². The van der Waals surface area contributed by atoms with Crippen LogP contribution in [0.1, 0.15) is 23.1 Å². The van der Waals surface area contributed by atoms with Crippen LogP contribution in [0.2, 0.25) is 0 Å². The van der Waals surface area contributed by atoms with Gasteiger partial charge in [-0.25, -0.2) is 0 Å². The Morgan fingerprint density at radius 2 is 0.872 bits per heavy atom. The smallest absolute Gasteiger partial charge is 0.0541 e. The van der Waals surface area contributed by atoms with Crippen molar-refractivity contribution in [3.8, 4) is 27.9 Å². The molecule has 0 saturated heterocycles. The summed E-state index contributed by atoms with van der Waals surface area (Å²) in [5, 5.41) is 2.59. The number of hydrogen-bond donors (Lipinski definition) is 0. The van der Waals surface area contributed by atoms with Crippen LogP contribution in [0.3, 0.4) is 0 Å². The van der Waals surface area contributed by atoms with E-state index in [2.05, 4.69) is 187 Å². The molecule has 0 saturated carbocycles. The molecule has 8 rings (SSSR count). The summed E-state index contributed by atoms with van der Waals surface area (Å²) < 4.78 is 2.37. The van der Waals surface area contributed by atoms with Gasteiger partial charge in [0.2, 0.25) is 0 Å². The molecule has 0 fully saturated rings. The van der Waals surface area contributed by atoms with Gasteiger partial charge in [-0.2, -0.15) is 0 Å². The van der Waals surface area contributed by atoms with Crippen molar-refractivity contribution in [2.45, 2.75) is 26.2 Å². The minimum Gasteiger partial charge on any atom is -0.309 e. The molecule has 1 heteroatoms. The van der Waals surface area contributed by atoms with Crippen LogP contribution in [0, 0.1) is 6.92 Å². The second-order valence-corrected chi connectivity index (χ2v) is 12.2. The molecule has 0 aliphatic carbocycles. The van der Waals surface area contributed by atoms with Crippen molar-refractivity contribution in [1.82, 2.24) is 4.57 Å². The molecule has 0 spiro atoms. The average Bonchev–Trinajstić information content (AvgIpc) is 3.47. The quantitative estimate of drug-likeness (QED) is 0.170. The van der Waals surface area contributed by atoms with Gasteiger partial charge in [-0.05, 0) is 89.9 Å². The molecular formula is C46H39N. The van der Waals surface area contributed by atoms with Gasteiger partial charge in [-0.15, -0.1) is 0 Å². The zero-order chi connectivity index (χ0) is 31.8. The Bertz CT molecular complexity index is 2180. The Balaban J connectivity index is 0.000000226. The molecule has 228 valence electrons. The van der Waals surface area contributed by atoms with E-state index in [0.29, 0.717) is 0 Å². The summed E-state index contributed by atoms with van der Waals surface area (Å²) in [6.45, 7) is 2.11. The van der Waals surface area contributed by atoms with E-state index in [-0.39, 0.29) is 0 Å². The van der Waals surface area contributed by atoms with Crippen LogP contribution in [0.15, 0.2) is 182 Å². The Morgan fingerprint density at radius 3 is 1.57 bits per heavy atom. The number of nitrogens with zero attached hydrogens (tertiary/aromatic N) is 1. The number of aromatic nitrogens is 1. The largest absolute Gasteiger partial charge is 0.309 e. The SMILES string of the molecule is Cc1ccc(-c2ccccc2)cc1.c1ccc(CCCc2ccc(-c3ccc4c(c3)c3ccccc3n4-c3ccccc3)cc2)cc1. The van der Waals surface area contributed by atoms with E-state index in [0.717, 1.165) is 12.8 Å². The van der Waals surface area contributed by atoms with Crippen molar-refractivity contribution >= 4 is 21.8 Å². The van der Waals surface area contributed by atoms with E-state index >= 15 is 0 Å². The standard InChI is InChI=1S/C33H27N.C13H12/c1-3-10-25(11-4-1)12-9-13-26-18-20-27(21-19-26)28-22-23-33-31(24-28)30-16-7-8-17-32(30)34(33)29-14-5-2-6-15-29;1-11-7-9-13(10-8-11)12-5-3-2-4-6-12/h1-8,10-11,14-24H,9,12-13H2;2-10H,1H3. The fourth-order valence-corrected chi connectivity index (χ4v) is 6.39.